The minimum Gasteiger partial charge on any atom is -0.458 e. The Morgan fingerprint density at radius 1 is 0.941 bits per heavy atom. The lowest BCUT2D eigenvalue weighted by molar-refractivity contribution is -0.236. The van der Waals surface area contributed by atoms with E-state index in [9.17, 15) is 14.7 Å². The number of ketones is 1. The molecule has 188 valence electrons. The van der Waals surface area contributed by atoms with Crippen LogP contribution in [0.15, 0.2) is 12.2 Å². The Labute approximate surface area is 205 Å². The third kappa shape index (κ3) is 2.45. The maximum Gasteiger partial charge on any atom is 0.334 e. The summed E-state index contributed by atoms with van der Waals surface area (Å²) >= 11 is 0. The molecule has 0 amide bonds. The highest BCUT2D eigenvalue weighted by atomic mass is 16.6. The molecular weight excluding hydrogens is 424 g/mol. The lowest BCUT2D eigenvalue weighted by Crippen LogP contribution is -2.66. The van der Waals surface area contributed by atoms with Gasteiger partial charge >= 0.3 is 5.97 Å². The van der Waals surface area contributed by atoms with Crippen LogP contribution in [0, 0.1) is 56.7 Å². The molecule has 0 radical (unpaired) electrons. The number of aliphatic hydroxyl groups is 1. The number of hydrogen-bond acceptors (Lipinski definition) is 4. The van der Waals surface area contributed by atoms with Gasteiger partial charge in [0.15, 0.2) is 0 Å². The van der Waals surface area contributed by atoms with Crippen LogP contribution < -0.4 is 0 Å². The number of carbonyl (C=O) groups excluding carboxylic acids is 2. The first-order chi connectivity index (χ1) is 15.9. The molecule has 0 aromatic carbocycles. The highest BCUT2D eigenvalue weighted by molar-refractivity contribution is 5.91. The minimum absolute atomic E-state index is 0.0718. The van der Waals surface area contributed by atoms with Crippen molar-refractivity contribution >= 4 is 11.8 Å². The van der Waals surface area contributed by atoms with Crippen LogP contribution in [-0.4, -0.2) is 29.6 Å². The van der Waals surface area contributed by atoms with E-state index in [1.807, 2.05) is 0 Å². The largest absolute Gasteiger partial charge is 0.458 e. The first-order valence-corrected chi connectivity index (χ1v) is 13.9. The molecule has 10 atom stereocenters. The normalized spacial score (nSPS) is 55.5. The molecule has 0 bridgehead atoms. The van der Waals surface area contributed by atoms with E-state index in [-0.39, 0.29) is 57.6 Å². The van der Waals surface area contributed by atoms with Crippen LogP contribution in [0.2, 0.25) is 0 Å². The molecule has 0 aromatic heterocycles. The molecule has 1 saturated heterocycles. The topological polar surface area (TPSA) is 63.6 Å². The van der Waals surface area contributed by atoms with Gasteiger partial charge in [-0.05, 0) is 91.3 Å². The first-order valence-electron chi connectivity index (χ1n) is 13.9. The van der Waals surface area contributed by atoms with Crippen molar-refractivity contribution in [1.82, 2.24) is 0 Å². The van der Waals surface area contributed by atoms with Gasteiger partial charge in [0, 0.05) is 35.3 Å². The molecule has 4 nitrogen and oxygen atoms in total. The van der Waals surface area contributed by atoms with Crippen LogP contribution >= 0.6 is 0 Å². The summed E-state index contributed by atoms with van der Waals surface area (Å²) in [7, 11) is 0. The van der Waals surface area contributed by atoms with Crippen LogP contribution in [-0.2, 0) is 14.3 Å². The van der Waals surface area contributed by atoms with Crippen molar-refractivity contribution in [1.29, 1.82) is 0 Å². The molecule has 6 rings (SSSR count). The summed E-state index contributed by atoms with van der Waals surface area (Å²) in [5.41, 5.74) is 0.889. The number of hydrogen-bond donors (Lipinski definition) is 1. The summed E-state index contributed by atoms with van der Waals surface area (Å²) in [4.78, 5) is 25.4. The van der Waals surface area contributed by atoms with Crippen LogP contribution in [0.5, 0.6) is 0 Å². The second kappa shape index (κ2) is 6.78. The van der Waals surface area contributed by atoms with Crippen molar-refractivity contribution in [3.8, 4) is 0 Å². The summed E-state index contributed by atoms with van der Waals surface area (Å²) in [6, 6.07) is 0. The predicted octanol–water partition coefficient (Wildman–Crippen LogP) is 5.72. The Bertz CT molecular complexity index is 967. The Morgan fingerprint density at radius 2 is 1.68 bits per heavy atom. The predicted molar refractivity (Wildman–Crippen MR) is 131 cm³/mol. The summed E-state index contributed by atoms with van der Waals surface area (Å²) in [6.07, 6.45) is 9.31. The molecule has 0 spiro atoms. The van der Waals surface area contributed by atoms with E-state index < -0.39 is 0 Å². The molecule has 0 unspecified atom stereocenters. The van der Waals surface area contributed by atoms with Crippen LogP contribution in [0.1, 0.15) is 92.4 Å². The molecular formula is C30H44O4. The minimum atomic E-state index is -0.220. The van der Waals surface area contributed by atoms with Gasteiger partial charge in [0.05, 0.1) is 0 Å². The third-order valence-corrected chi connectivity index (χ3v) is 13.6. The summed E-state index contributed by atoms with van der Waals surface area (Å²) in [5.74, 6) is 2.18. The van der Waals surface area contributed by atoms with Gasteiger partial charge in [-0.25, -0.2) is 4.79 Å². The fourth-order valence-corrected chi connectivity index (χ4v) is 11.7. The van der Waals surface area contributed by atoms with Crippen molar-refractivity contribution < 1.29 is 19.4 Å². The van der Waals surface area contributed by atoms with Crippen LogP contribution in [0.25, 0.3) is 0 Å². The number of Topliss-reactive ketones (excluding diaryl/α,β-unsaturated/α-hetero) is 1. The van der Waals surface area contributed by atoms with E-state index in [4.69, 9.17) is 4.74 Å². The van der Waals surface area contributed by atoms with Crippen molar-refractivity contribution in [2.45, 2.75) is 98.5 Å². The monoisotopic (exact) mass is 468 g/mol. The Morgan fingerprint density at radius 3 is 2.38 bits per heavy atom. The van der Waals surface area contributed by atoms with Crippen molar-refractivity contribution in [2.24, 2.45) is 56.7 Å². The maximum absolute atomic E-state index is 12.9. The molecule has 1 aliphatic heterocycles. The van der Waals surface area contributed by atoms with Crippen molar-refractivity contribution in [2.75, 3.05) is 6.61 Å². The number of fused-ring (bicyclic) bond motifs is 9. The van der Waals surface area contributed by atoms with Gasteiger partial charge in [0.25, 0.3) is 0 Å². The summed E-state index contributed by atoms with van der Waals surface area (Å²) in [5, 5.41) is 10.7. The number of aliphatic hydroxyl groups excluding tert-OH is 1. The van der Waals surface area contributed by atoms with Gasteiger partial charge in [-0.2, -0.15) is 0 Å². The molecule has 1 heterocycles. The van der Waals surface area contributed by atoms with E-state index >= 15 is 0 Å². The molecule has 6 fully saturated rings. The van der Waals surface area contributed by atoms with Crippen LogP contribution in [0.3, 0.4) is 0 Å². The quantitative estimate of drug-likeness (QED) is 0.395. The second-order valence-corrected chi connectivity index (χ2v) is 14.6. The first kappa shape index (κ1) is 23.3. The zero-order valence-corrected chi connectivity index (χ0v) is 21.9. The van der Waals surface area contributed by atoms with E-state index in [0.29, 0.717) is 29.1 Å². The average Bonchev–Trinajstić information content (AvgIpc) is 3.24. The van der Waals surface area contributed by atoms with E-state index in [1.165, 1.54) is 12.8 Å². The fourth-order valence-electron chi connectivity index (χ4n) is 11.7. The molecule has 5 saturated carbocycles. The van der Waals surface area contributed by atoms with E-state index in [2.05, 4.69) is 41.2 Å². The molecule has 34 heavy (non-hydrogen) atoms. The maximum atomic E-state index is 12.9. The van der Waals surface area contributed by atoms with Gasteiger partial charge < -0.3 is 9.84 Å². The van der Waals surface area contributed by atoms with E-state index in [0.717, 1.165) is 44.9 Å². The number of carbonyl (C=O) groups is 2. The number of ether oxygens (including phenoxy) is 1. The molecule has 5 aliphatic carbocycles. The highest BCUT2D eigenvalue weighted by Crippen LogP contribution is 2.77. The fraction of sp³-hybridized carbons (Fsp3) is 0.867. The van der Waals surface area contributed by atoms with Gasteiger partial charge in [0.1, 0.15) is 11.9 Å². The Hall–Kier alpha value is -1.16. The number of rotatable bonds is 1. The Balaban J connectivity index is 1.41. The van der Waals surface area contributed by atoms with E-state index in [1.54, 1.807) is 0 Å². The highest BCUT2D eigenvalue weighted by Gasteiger charge is 2.73. The molecule has 1 N–H and O–H groups in total. The lowest BCUT2D eigenvalue weighted by Gasteiger charge is -2.72. The molecule has 6 aliphatic rings. The SMILES string of the molecule is C=C1C(=O)O[C@@H]2C[C@]3(CO)CC[C@]4(C)[C@@H](CC[C@@H]5[C@@]6(C)CCC(=O)C(C)(C)[C@@H]6CC[C@]54C)[C@@H]3[C@H]12. The smallest absolute Gasteiger partial charge is 0.334 e. The summed E-state index contributed by atoms with van der Waals surface area (Å²) < 4.78 is 5.80. The van der Waals surface area contributed by atoms with Gasteiger partial charge in [-0.1, -0.05) is 41.2 Å². The van der Waals surface area contributed by atoms with Crippen molar-refractivity contribution in [3.63, 3.8) is 0 Å². The Kier molecular flexibility index (Phi) is 4.64. The van der Waals surface area contributed by atoms with Gasteiger partial charge in [-0.3, -0.25) is 4.79 Å². The summed E-state index contributed by atoms with van der Waals surface area (Å²) in [6.45, 7) is 16.5. The third-order valence-electron chi connectivity index (χ3n) is 13.6. The van der Waals surface area contributed by atoms with Gasteiger partial charge in [-0.15, -0.1) is 0 Å². The molecule has 4 heteroatoms. The second-order valence-electron chi connectivity index (χ2n) is 14.6. The standard InChI is InChI=1S/C30H44O4/c1-17-23-19(34-25(17)33)15-30(16-31)14-13-28(5)18(24(23)30)7-8-21-27(4)11-10-22(32)26(2,3)20(27)9-12-29(21,28)6/h18-21,23-24,31H,1,7-16H2,2-6H3/t18-,19+,20-,21+,23+,24+,27-,28+,29+,30-/m0/s1. The van der Waals surface area contributed by atoms with Crippen LogP contribution in [0.4, 0.5) is 0 Å². The lowest BCUT2D eigenvalue weighted by atomic mass is 9.32. The van der Waals surface area contributed by atoms with Gasteiger partial charge in [0.2, 0.25) is 0 Å². The van der Waals surface area contributed by atoms with Crippen molar-refractivity contribution in [3.05, 3.63) is 12.2 Å². The zero-order valence-electron chi connectivity index (χ0n) is 21.9. The number of esters is 1. The molecule has 0 aromatic rings. The zero-order chi connectivity index (χ0) is 24.5. The average molecular weight is 469 g/mol.